The van der Waals surface area contributed by atoms with E-state index in [2.05, 4.69) is 11.9 Å². The molecular formula is C16H29NO4. The van der Waals surface area contributed by atoms with E-state index < -0.39 is 23.7 Å². The second-order valence-corrected chi connectivity index (χ2v) is 6.52. The smallest absolute Gasteiger partial charge is 0.408 e. The fourth-order valence-corrected chi connectivity index (χ4v) is 2.03. The van der Waals surface area contributed by atoms with Crippen molar-refractivity contribution in [2.45, 2.75) is 65.5 Å². The zero-order chi connectivity index (χ0) is 16.6. The van der Waals surface area contributed by atoms with Crippen molar-refractivity contribution in [3.8, 4) is 0 Å². The molecule has 5 heteroatoms. The summed E-state index contributed by atoms with van der Waals surface area (Å²) in [5, 5.41) is 11.8. The highest BCUT2D eigenvalue weighted by molar-refractivity contribution is 5.80. The summed E-state index contributed by atoms with van der Waals surface area (Å²) in [5.41, 5.74) is -0.647. The van der Waals surface area contributed by atoms with Crippen LogP contribution in [0.3, 0.4) is 0 Å². The number of allylic oxidation sites excluding steroid dienone is 1. The summed E-state index contributed by atoms with van der Waals surface area (Å²) >= 11 is 0. The topological polar surface area (TPSA) is 75.6 Å². The minimum absolute atomic E-state index is 0.181. The number of carbonyl (C=O) groups is 2. The van der Waals surface area contributed by atoms with Crippen LogP contribution in [0, 0.1) is 11.8 Å². The van der Waals surface area contributed by atoms with Crippen LogP contribution < -0.4 is 5.32 Å². The molecule has 0 aliphatic rings. The molecule has 2 N–H and O–H groups in total. The summed E-state index contributed by atoms with van der Waals surface area (Å²) in [6.45, 7) is 12.7. The van der Waals surface area contributed by atoms with E-state index in [9.17, 15) is 14.7 Å². The Hall–Kier alpha value is -1.52. The molecule has 0 saturated carbocycles. The van der Waals surface area contributed by atoms with Gasteiger partial charge in [0.2, 0.25) is 0 Å². The minimum Gasteiger partial charge on any atom is -0.480 e. The van der Waals surface area contributed by atoms with Crippen LogP contribution in [-0.2, 0) is 9.53 Å². The van der Waals surface area contributed by atoms with E-state index in [1.54, 1.807) is 20.8 Å². The van der Waals surface area contributed by atoms with Crippen molar-refractivity contribution in [2.24, 2.45) is 11.8 Å². The Labute approximate surface area is 127 Å². The molecule has 0 saturated heterocycles. The SMILES string of the molecule is C=CCCC[C@H](C)[C@@H](C)C(NC(=O)OC(C)(C)C)C(=O)O. The maximum Gasteiger partial charge on any atom is 0.408 e. The first-order valence-electron chi connectivity index (χ1n) is 7.41. The first kappa shape index (κ1) is 19.5. The van der Waals surface area contributed by atoms with Crippen LogP contribution in [0.15, 0.2) is 12.7 Å². The fourth-order valence-electron chi connectivity index (χ4n) is 2.03. The Bertz CT molecular complexity index is 360. The number of amides is 1. The minimum atomic E-state index is -1.04. The molecule has 0 rings (SSSR count). The molecule has 1 amide bonds. The quantitative estimate of drug-likeness (QED) is 0.530. The third-order valence-corrected chi connectivity index (χ3v) is 3.43. The van der Waals surface area contributed by atoms with E-state index >= 15 is 0 Å². The summed E-state index contributed by atoms with van der Waals surface area (Å²) in [6.07, 6.45) is 3.93. The molecule has 0 bridgehead atoms. The lowest BCUT2D eigenvalue weighted by Gasteiger charge is -2.28. The maximum absolute atomic E-state index is 11.8. The molecule has 0 heterocycles. The molecule has 122 valence electrons. The van der Waals surface area contributed by atoms with E-state index in [4.69, 9.17) is 4.74 Å². The fraction of sp³-hybridized carbons (Fsp3) is 0.750. The lowest BCUT2D eigenvalue weighted by molar-refractivity contribution is -0.141. The van der Waals surface area contributed by atoms with Gasteiger partial charge in [0, 0.05) is 0 Å². The average Bonchev–Trinajstić information content (AvgIpc) is 2.32. The molecule has 3 atom stereocenters. The van der Waals surface area contributed by atoms with Crippen molar-refractivity contribution >= 4 is 12.1 Å². The largest absolute Gasteiger partial charge is 0.480 e. The number of hydrogen-bond donors (Lipinski definition) is 2. The van der Waals surface area contributed by atoms with Crippen LogP contribution >= 0.6 is 0 Å². The van der Waals surface area contributed by atoms with Gasteiger partial charge in [-0.15, -0.1) is 6.58 Å². The number of unbranched alkanes of at least 4 members (excludes halogenated alkanes) is 1. The second-order valence-electron chi connectivity index (χ2n) is 6.52. The Kier molecular flexibility index (Phi) is 8.07. The zero-order valence-electron chi connectivity index (χ0n) is 13.8. The number of aliphatic carboxylic acids is 1. The molecule has 0 radical (unpaired) electrons. The van der Waals surface area contributed by atoms with Crippen molar-refractivity contribution in [3.63, 3.8) is 0 Å². The summed E-state index contributed by atoms with van der Waals surface area (Å²) in [6, 6.07) is -0.946. The summed E-state index contributed by atoms with van der Waals surface area (Å²) < 4.78 is 5.12. The van der Waals surface area contributed by atoms with E-state index in [0.29, 0.717) is 0 Å². The second kappa shape index (κ2) is 8.70. The number of ether oxygens (including phenoxy) is 1. The molecule has 0 spiro atoms. The van der Waals surface area contributed by atoms with Crippen LogP contribution in [0.5, 0.6) is 0 Å². The van der Waals surface area contributed by atoms with Crippen LogP contribution in [0.2, 0.25) is 0 Å². The number of rotatable bonds is 8. The van der Waals surface area contributed by atoms with E-state index in [0.717, 1.165) is 19.3 Å². The Balaban J connectivity index is 4.62. The zero-order valence-corrected chi connectivity index (χ0v) is 13.8. The highest BCUT2D eigenvalue weighted by Crippen LogP contribution is 2.22. The Morgan fingerprint density at radius 3 is 2.33 bits per heavy atom. The van der Waals surface area contributed by atoms with Gasteiger partial charge in [-0.1, -0.05) is 26.3 Å². The normalized spacial score (nSPS) is 15.7. The van der Waals surface area contributed by atoms with Crippen LogP contribution in [0.25, 0.3) is 0 Å². The van der Waals surface area contributed by atoms with Gasteiger partial charge in [-0.3, -0.25) is 0 Å². The van der Waals surface area contributed by atoms with E-state index in [-0.39, 0.29) is 11.8 Å². The average molecular weight is 299 g/mol. The first-order chi connectivity index (χ1) is 9.58. The summed E-state index contributed by atoms with van der Waals surface area (Å²) in [7, 11) is 0. The van der Waals surface area contributed by atoms with Crippen molar-refractivity contribution in [1.29, 1.82) is 0 Å². The van der Waals surface area contributed by atoms with Crippen molar-refractivity contribution < 1.29 is 19.4 Å². The van der Waals surface area contributed by atoms with Gasteiger partial charge in [0.25, 0.3) is 0 Å². The molecule has 0 fully saturated rings. The molecule has 0 aliphatic carbocycles. The molecular weight excluding hydrogens is 270 g/mol. The summed E-state index contributed by atoms with van der Waals surface area (Å²) in [4.78, 5) is 23.1. The van der Waals surface area contributed by atoms with Crippen molar-refractivity contribution in [3.05, 3.63) is 12.7 Å². The molecule has 0 aromatic heterocycles. The van der Waals surface area contributed by atoms with Gasteiger partial charge in [-0.25, -0.2) is 9.59 Å². The van der Waals surface area contributed by atoms with Gasteiger partial charge >= 0.3 is 12.1 Å². The molecule has 21 heavy (non-hydrogen) atoms. The monoisotopic (exact) mass is 299 g/mol. The van der Waals surface area contributed by atoms with E-state index in [1.807, 2.05) is 19.9 Å². The molecule has 5 nitrogen and oxygen atoms in total. The van der Waals surface area contributed by atoms with Crippen molar-refractivity contribution in [1.82, 2.24) is 5.32 Å². The Morgan fingerprint density at radius 1 is 1.33 bits per heavy atom. The number of carbonyl (C=O) groups excluding carboxylic acids is 1. The van der Waals surface area contributed by atoms with Gasteiger partial charge in [-0.2, -0.15) is 0 Å². The van der Waals surface area contributed by atoms with Gasteiger partial charge in [0.05, 0.1) is 0 Å². The molecule has 0 aromatic rings. The number of carboxylic acid groups (broad SMARTS) is 1. The van der Waals surface area contributed by atoms with Crippen LogP contribution in [0.4, 0.5) is 4.79 Å². The number of nitrogens with one attached hydrogen (secondary N) is 1. The van der Waals surface area contributed by atoms with Gasteiger partial charge < -0.3 is 15.2 Å². The number of carboxylic acids is 1. The van der Waals surface area contributed by atoms with Gasteiger partial charge in [0.1, 0.15) is 11.6 Å². The lowest BCUT2D eigenvalue weighted by atomic mass is 9.85. The standard InChI is InChI=1S/C16H29NO4/c1-7-8-9-10-11(2)12(3)13(14(18)19)17-15(20)21-16(4,5)6/h7,11-13H,1,8-10H2,2-6H3,(H,17,20)(H,18,19)/t11-,12+,13?/m0/s1. The van der Waals surface area contributed by atoms with Gasteiger partial charge in [-0.05, 0) is 45.4 Å². The highest BCUT2D eigenvalue weighted by Gasteiger charge is 2.31. The predicted octanol–water partition coefficient (Wildman–Crippen LogP) is 3.59. The summed E-state index contributed by atoms with van der Waals surface area (Å²) in [5.74, 6) is -1.04. The van der Waals surface area contributed by atoms with E-state index in [1.165, 1.54) is 0 Å². The molecule has 0 aliphatic heterocycles. The van der Waals surface area contributed by atoms with Crippen LogP contribution in [-0.4, -0.2) is 28.8 Å². The predicted molar refractivity (Wildman–Crippen MR) is 83.2 cm³/mol. The molecule has 1 unspecified atom stereocenters. The maximum atomic E-state index is 11.8. The van der Waals surface area contributed by atoms with Crippen LogP contribution in [0.1, 0.15) is 53.9 Å². The van der Waals surface area contributed by atoms with Crippen molar-refractivity contribution in [2.75, 3.05) is 0 Å². The third-order valence-electron chi connectivity index (χ3n) is 3.43. The van der Waals surface area contributed by atoms with Gasteiger partial charge in [0.15, 0.2) is 0 Å². The third kappa shape index (κ3) is 8.38. The Morgan fingerprint density at radius 2 is 1.90 bits per heavy atom. The first-order valence-corrected chi connectivity index (χ1v) is 7.41. The molecule has 0 aromatic carbocycles. The number of alkyl carbamates (subject to hydrolysis) is 1. The highest BCUT2D eigenvalue weighted by atomic mass is 16.6. The number of hydrogen-bond acceptors (Lipinski definition) is 3. The lowest BCUT2D eigenvalue weighted by Crippen LogP contribution is -2.48.